The highest BCUT2D eigenvalue weighted by Crippen LogP contribution is 2.38. The topological polar surface area (TPSA) is 78.8 Å². The van der Waals surface area contributed by atoms with Gasteiger partial charge in [-0.3, -0.25) is 10.1 Å². The number of H-pyrrole nitrogens is 1. The fourth-order valence-corrected chi connectivity index (χ4v) is 6.27. The van der Waals surface area contributed by atoms with Crippen molar-refractivity contribution < 1.29 is 9.53 Å². The molecule has 1 heterocycles. The van der Waals surface area contributed by atoms with E-state index in [1.54, 1.807) is 7.11 Å². The lowest BCUT2D eigenvalue weighted by molar-refractivity contribution is -0.118. The largest absolute Gasteiger partial charge is 0.496 e. The van der Waals surface area contributed by atoms with Crippen LogP contribution < -0.4 is 10.1 Å². The van der Waals surface area contributed by atoms with Crippen LogP contribution in [0.15, 0.2) is 156 Å². The standard InChI is InChI=1S/C40H38N4O2/c1-46-38-24-14-11-15-30(38)25-26-39(45)44-42-29-35(27-31-28-41-37-23-13-12-22-36(31)37)43-40(32-16-5-2-6-17-32,33-18-7-3-8-19-33)34-20-9-4-10-21-34/h2-24,28,35,41,43H,25-27,29H2,1H3/t35-/m1/s1. The molecule has 1 aromatic heterocycles. The zero-order chi connectivity index (χ0) is 31.6. The smallest absolute Gasteiger partial charge is 0.264 e. The Labute approximate surface area is 270 Å². The zero-order valence-corrected chi connectivity index (χ0v) is 26.0. The van der Waals surface area contributed by atoms with Gasteiger partial charge in [-0.1, -0.05) is 127 Å². The minimum Gasteiger partial charge on any atom is -0.496 e. The van der Waals surface area contributed by atoms with Gasteiger partial charge in [0.25, 0.3) is 5.91 Å². The second-order valence-electron chi connectivity index (χ2n) is 11.4. The molecule has 0 unspecified atom stereocenters. The Hall–Kier alpha value is -5.33. The molecule has 0 bridgehead atoms. The van der Waals surface area contributed by atoms with E-state index in [1.165, 1.54) is 10.9 Å². The van der Waals surface area contributed by atoms with Crippen molar-refractivity contribution in [2.24, 2.45) is 10.2 Å². The number of aromatic amines is 1. The summed E-state index contributed by atoms with van der Waals surface area (Å²) in [5.41, 5.74) is 5.89. The molecule has 5 aromatic carbocycles. The molecule has 0 aliphatic heterocycles. The lowest BCUT2D eigenvalue weighted by Gasteiger charge is -2.40. The van der Waals surface area contributed by atoms with E-state index in [9.17, 15) is 4.79 Å². The maximum atomic E-state index is 12.9. The van der Waals surface area contributed by atoms with Crippen LogP contribution in [0.25, 0.3) is 10.9 Å². The molecule has 0 radical (unpaired) electrons. The molecule has 6 aromatic rings. The minimum atomic E-state index is -0.691. The SMILES string of the molecule is COc1ccccc1CCC(=O)N=NC[C@@H](Cc1c[nH]c2ccccc12)NC(c1ccccc1)(c1ccccc1)c1ccccc1. The Kier molecular flexibility index (Phi) is 9.76. The van der Waals surface area contributed by atoms with Crippen LogP contribution in [0.2, 0.25) is 0 Å². The van der Waals surface area contributed by atoms with Crippen molar-refractivity contribution in [3.63, 3.8) is 0 Å². The first-order chi connectivity index (χ1) is 22.7. The number of nitrogens with one attached hydrogen (secondary N) is 2. The molecule has 1 amide bonds. The van der Waals surface area contributed by atoms with Gasteiger partial charge in [0.1, 0.15) is 5.75 Å². The first-order valence-electron chi connectivity index (χ1n) is 15.7. The van der Waals surface area contributed by atoms with Gasteiger partial charge in [-0.05, 0) is 52.8 Å². The first-order valence-corrected chi connectivity index (χ1v) is 15.7. The number of carbonyl (C=O) groups excluding carboxylic acids is 1. The van der Waals surface area contributed by atoms with Gasteiger partial charge in [-0.15, -0.1) is 5.11 Å². The Balaban J connectivity index is 1.35. The third-order valence-corrected chi connectivity index (χ3v) is 8.47. The van der Waals surface area contributed by atoms with Gasteiger partial charge in [-0.2, -0.15) is 5.11 Å². The van der Waals surface area contributed by atoms with Crippen molar-refractivity contribution in [1.29, 1.82) is 0 Å². The highest BCUT2D eigenvalue weighted by molar-refractivity contribution is 5.83. The van der Waals surface area contributed by atoms with E-state index >= 15 is 0 Å². The van der Waals surface area contributed by atoms with Gasteiger partial charge >= 0.3 is 0 Å². The summed E-state index contributed by atoms with van der Waals surface area (Å²) in [6.45, 7) is 0.314. The number of rotatable bonds is 13. The summed E-state index contributed by atoms with van der Waals surface area (Å²) in [5.74, 6) is 0.520. The summed E-state index contributed by atoms with van der Waals surface area (Å²) in [4.78, 5) is 16.3. The molecular formula is C40H38N4O2. The van der Waals surface area contributed by atoms with Gasteiger partial charge < -0.3 is 9.72 Å². The lowest BCUT2D eigenvalue weighted by atomic mass is 9.76. The van der Waals surface area contributed by atoms with E-state index in [-0.39, 0.29) is 18.4 Å². The number of methoxy groups -OCH3 is 1. The molecule has 46 heavy (non-hydrogen) atoms. The van der Waals surface area contributed by atoms with Gasteiger partial charge in [0.05, 0.1) is 19.2 Å². The van der Waals surface area contributed by atoms with Gasteiger partial charge in [0.2, 0.25) is 0 Å². The van der Waals surface area contributed by atoms with E-state index in [2.05, 4.69) is 118 Å². The number of aryl methyl sites for hydroxylation is 1. The third-order valence-electron chi connectivity index (χ3n) is 8.47. The molecule has 0 aliphatic rings. The number of hydrogen-bond acceptors (Lipinski definition) is 4. The number of para-hydroxylation sites is 2. The molecule has 0 saturated heterocycles. The molecule has 0 fully saturated rings. The van der Waals surface area contributed by atoms with Crippen molar-refractivity contribution in [3.05, 3.63) is 174 Å². The normalized spacial score (nSPS) is 12.4. The zero-order valence-electron chi connectivity index (χ0n) is 26.0. The Bertz CT molecular complexity index is 1790. The molecule has 230 valence electrons. The number of nitrogens with zero attached hydrogens (tertiary/aromatic N) is 2. The monoisotopic (exact) mass is 606 g/mol. The fourth-order valence-electron chi connectivity index (χ4n) is 6.27. The molecule has 0 saturated carbocycles. The van der Waals surface area contributed by atoms with Gasteiger partial charge in [0.15, 0.2) is 0 Å². The maximum Gasteiger partial charge on any atom is 0.264 e. The summed E-state index contributed by atoms with van der Waals surface area (Å²) >= 11 is 0. The molecule has 1 atom stereocenters. The van der Waals surface area contributed by atoms with Crippen LogP contribution in [0.1, 0.15) is 34.2 Å². The number of azo groups is 1. The molecule has 0 aliphatic carbocycles. The second kappa shape index (κ2) is 14.6. The van der Waals surface area contributed by atoms with Crippen LogP contribution in [0.4, 0.5) is 0 Å². The molecule has 2 N–H and O–H groups in total. The molecular weight excluding hydrogens is 568 g/mol. The average Bonchev–Trinajstić information content (AvgIpc) is 3.53. The highest BCUT2D eigenvalue weighted by Gasteiger charge is 2.38. The van der Waals surface area contributed by atoms with Crippen molar-refractivity contribution in [3.8, 4) is 5.75 Å². The predicted molar refractivity (Wildman–Crippen MR) is 184 cm³/mol. The van der Waals surface area contributed by atoms with Crippen LogP contribution in [0, 0.1) is 0 Å². The average molecular weight is 607 g/mol. The van der Waals surface area contributed by atoms with Gasteiger partial charge in [0, 0.05) is 29.6 Å². The number of amides is 1. The summed E-state index contributed by atoms with van der Waals surface area (Å²) in [7, 11) is 1.64. The van der Waals surface area contributed by atoms with Crippen LogP contribution >= 0.6 is 0 Å². The second-order valence-corrected chi connectivity index (χ2v) is 11.4. The Morgan fingerprint density at radius 2 is 1.30 bits per heavy atom. The van der Waals surface area contributed by atoms with E-state index in [1.807, 2.05) is 48.5 Å². The third kappa shape index (κ3) is 6.82. The summed E-state index contributed by atoms with van der Waals surface area (Å²) in [6, 6.07) is 47.5. The van der Waals surface area contributed by atoms with Crippen molar-refractivity contribution in [2.75, 3.05) is 13.7 Å². The van der Waals surface area contributed by atoms with Crippen LogP contribution in [0.5, 0.6) is 5.75 Å². The lowest BCUT2D eigenvalue weighted by Crippen LogP contribution is -2.51. The van der Waals surface area contributed by atoms with Crippen molar-refractivity contribution >= 4 is 16.8 Å². The maximum absolute atomic E-state index is 12.9. The number of aromatic nitrogens is 1. The van der Waals surface area contributed by atoms with E-state index in [4.69, 9.17) is 4.74 Å². The number of benzene rings is 5. The van der Waals surface area contributed by atoms with Crippen LogP contribution in [-0.2, 0) is 23.2 Å². The molecule has 6 nitrogen and oxygen atoms in total. The Morgan fingerprint density at radius 1 is 0.739 bits per heavy atom. The minimum absolute atomic E-state index is 0.175. The van der Waals surface area contributed by atoms with Gasteiger partial charge in [-0.25, -0.2) is 0 Å². The van der Waals surface area contributed by atoms with Crippen molar-refractivity contribution in [1.82, 2.24) is 10.3 Å². The molecule has 6 rings (SSSR count). The highest BCUT2D eigenvalue weighted by atomic mass is 16.5. The fraction of sp³-hybridized carbons (Fsp3) is 0.175. The number of carbonyl (C=O) groups is 1. The number of ether oxygens (including phenoxy) is 1. The van der Waals surface area contributed by atoms with Crippen LogP contribution in [-0.4, -0.2) is 30.6 Å². The number of fused-ring (bicyclic) bond motifs is 1. The molecule has 0 spiro atoms. The van der Waals surface area contributed by atoms with E-state index in [0.717, 1.165) is 33.5 Å². The molecule has 6 heteroatoms. The number of hydrogen-bond donors (Lipinski definition) is 2. The summed E-state index contributed by atoms with van der Waals surface area (Å²) < 4.78 is 5.45. The van der Waals surface area contributed by atoms with E-state index in [0.29, 0.717) is 19.4 Å². The van der Waals surface area contributed by atoms with Crippen LogP contribution in [0.3, 0.4) is 0 Å². The van der Waals surface area contributed by atoms with Crippen molar-refractivity contribution in [2.45, 2.75) is 30.8 Å². The predicted octanol–water partition coefficient (Wildman–Crippen LogP) is 8.28. The summed E-state index contributed by atoms with van der Waals surface area (Å²) in [5, 5.41) is 13.9. The first kappa shape index (κ1) is 30.7. The Morgan fingerprint density at radius 3 is 1.93 bits per heavy atom. The summed E-state index contributed by atoms with van der Waals surface area (Å²) in [6.07, 6.45) is 3.54. The quantitative estimate of drug-likeness (QED) is 0.103. The van der Waals surface area contributed by atoms with E-state index < -0.39 is 5.54 Å².